The molecular formula is C15H23N3O3S. The standard InChI is InChI=1S/C15H23N3O3S/c1-20-14(21-2)11-16-15(22)18-9-7-17(8-10-18)12-3-5-13(19)6-4-12/h3-6,14,19H,7-11H2,1-2H3,(H,16,22). The van der Waals surface area contributed by atoms with Crippen LogP contribution in [-0.2, 0) is 9.47 Å². The van der Waals surface area contributed by atoms with Gasteiger partial charge in [0.05, 0.1) is 6.54 Å². The fourth-order valence-corrected chi connectivity index (χ4v) is 2.64. The van der Waals surface area contributed by atoms with Gasteiger partial charge in [-0.2, -0.15) is 0 Å². The highest BCUT2D eigenvalue weighted by atomic mass is 32.1. The van der Waals surface area contributed by atoms with E-state index in [2.05, 4.69) is 15.1 Å². The maximum atomic E-state index is 9.34. The molecule has 1 aliphatic heterocycles. The Morgan fingerprint density at radius 2 is 1.77 bits per heavy atom. The maximum absolute atomic E-state index is 9.34. The molecule has 1 fully saturated rings. The van der Waals surface area contributed by atoms with Crippen molar-refractivity contribution in [2.75, 3.05) is 51.8 Å². The number of hydrogen-bond donors (Lipinski definition) is 2. The zero-order valence-corrected chi connectivity index (χ0v) is 13.8. The fourth-order valence-electron chi connectivity index (χ4n) is 2.38. The minimum Gasteiger partial charge on any atom is -0.508 e. The molecule has 1 aromatic carbocycles. The van der Waals surface area contributed by atoms with Crippen LogP contribution in [0.5, 0.6) is 5.75 Å². The summed E-state index contributed by atoms with van der Waals surface area (Å²) in [6.07, 6.45) is -0.295. The van der Waals surface area contributed by atoms with Crippen molar-refractivity contribution in [2.24, 2.45) is 0 Å². The Balaban J connectivity index is 1.79. The summed E-state index contributed by atoms with van der Waals surface area (Å²) in [7, 11) is 3.21. The number of hydrogen-bond acceptors (Lipinski definition) is 5. The molecule has 2 rings (SSSR count). The van der Waals surface area contributed by atoms with E-state index in [9.17, 15) is 5.11 Å². The zero-order chi connectivity index (χ0) is 15.9. The van der Waals surface area contributed by atoms with Gasteiger partial charge in [-0.1, -0.05) is 0 Å². The van der Waals surface area contributed by atoms with Crippen molar-refractivity contribution in [2.45, 2.75) is 6.29 Å². The molecule has 7 heteroatoms. The molecule has 0 aromatic heterocycles. The van der Waals surface area contributed by atoms with Crippen LogP contribution in [0.2, 0.25) is 0 Å². The molecular weight excluding hydrogens is 302 g/mol. The predicted molar refractivity (Wildman–Crippen MR) is 90.3 cm³/mol. The van der Waals surface area contributed by atoms with E-state index in [1.807, 2.05) is 12.1 Å². The van der Waals surface area contributed by atoms with Crippen LogP contribution in [-0.4, -0.2) is 68.4 Å². The van der Waals surface area contributed by atoms with E-state index in [-0.39, 0.29) is 6.29 Å². The van der Waals surface area contributed by atoms with Crippen molar-refractivity contribution in [3.8, 4) is 5.75 Å². The largest absolute Gasteiger partial charge is 0.508 e. The molecule has 0 atom stereocenters. The number of methoxy groups -OCH3 is 2. The van der Waals surface area contributed by atoms with Crippen LogP contribution in [0.4, 0.5) is 5.69 Å². The van der Waals surface area contributed by atoms with Crippen LogP contribution >= 0.6 is 12.2 Å². The van der Waals surface area contributed by atoms with Gasteiger partial charge in [0.2, 0.25) is 0 Å². The van der Waals surface area contributed by atoms with Crippen LogP contribution < -0.4 is 10.2 Å². The highest BCUT2D eigenvalue weighted by Crippen LogP contribution is 2.19. The second-order valence-electron chi connectivity index (χ2n) is 5.08. The summed E-state index contributed by atoms with van der Waals surface area (Å²) in [6, 6.07) is 7.29. The summed E-state index contributed by atoms with van der Waals surface area (Å²) >= 11 is 5.41. The first-order valence-electron chi connectivity index (χ1n) is 7.26. The topological polar surface area (TPSA) is 57.2 Å². The number of phenols is 1. The monoisotopic (exact) mass is 325 g/mol. The molecule has 22 heavy (non-hydrogen) atoms. The van der Waals surface area contributed by atoms with Gasteiger partial charge in [0.1, 0.15) is 5.75 Å². The third-order valence-corrected chi connectivity index (χ3v) is 4.13. The van der Waals surface area contributed by atoms with Crippen molar-refractivity contribution in [3.05, 3.63) is 24.3 Å². The third-order valence-electron chi connectivity index (χ3n) is 3.73. The van der Waals surface area contributed by atoms with Crippen molar-refractivity contribution in [1.82, 2.24) is 10.2 Å². The Labute approximate surface area is 136 Å². The minimum atomic E-state index is -0.295. The first kappa shape index (κ1) is 16.8. The number of ether oxygens (including phenoxy) is 2. The van der Waals surface area contributed by atoms with Gasteiger partial charge < -0.3 is 29.7 Å². The van der Waals surface area contributed by atoms with Crippen LogP contribution in [0.15, 0.2) is 24.3 Å². The number of anilines is 1. The Morgan fingerprint density at radius 1 is 1.18 bits per heavy atom. The van der Waals surface area contributed by atoms with E-state index >= 15 is 0 Å². The van der Waals surface area contributed by atoms with Gasteiger partial charge in [-0.3, -0.25) is 0 Å². The van der Waals surface area contributed by atoms with Crippen molar-refractivity contribution >= 4 is 23.0 Å². The summed E-state index contributed by atoms with van der Waals surface area (Å²) in [5, 5.41) is 13.2. The number of benzene rings is 1. The van der Waals surface area contributed by atoms with E-state index in [0.29, 0.717) is 12.3 Å². The number of aromatic hydroxyl groups is 1. The van der Waals surface area contributed by atoms with Crippen LogP contribution in [0, 0.1) is 0 Å². The Kier molecular flexibility index (Phi) is 6.23. The fraction of sp³-hybridized carbons (Fsp3) is 0.533. The van der Waals surface area contributed by atoms with Gasteiger partial charge in [-0.15, -0.1) is 0 Å². The van der Waals surface area contributed by atoms with Gasteiger partial charge in [-0.25, -0.2) is 0 Å². The van der Waals surface area contributed by atoms with Gasteiger partial charge >= 0.3 is 0 Å². The summed E-state index contributed by atoms with van der Waals surface area (Å²) in [5.74, 6) is 0.290. The molecule has 0 aliphatic carbocycles. The first-order chi connectivity index (χ1) is 10.6. The molecule has 6 nitrogen and oxygen atoms in total. The molecule has 0 spiro atoms. The number of nitrogens with one attached hydrogen (secondary N) is 1. The second-order valence-corrected chi connectivity index (χ2v) is 5.46. The summed E-state index contributed by atoms with van der Waals surface area (Å²) in [4.78, 5) is 4.43. The summed E-state index contributed by atoms with van der Waals surface area (Å²) in [5.41, 5.74) is 1.12. The first-order valence-corrected chi connectivity index (χ1v) is 7.67. The molecule has 2 N–H and O–H groups in total. The third kappa shape index (κ3) is 4.46. The van der Waals surface area contributed by atoms with Crippen LogP contribution in [0.25, 0.3) is 0 Å². The van der Waals surface area contributed by atoms with E-state index < -0.39 is 0 Å². The lowest BCUT2D eigenvalue weighted by atomic mass is 10.2. The lowest BCUT2D eigenvalue weighted by Gasteiger charge is -2.37. The maximum Gasteiger partial charge on any atom is 0.174 e. The van der Waals surface area contributed by atoms with E-state index in [1.165, 1.54) is 0 Å². The molecule has 0 bridgehead atoms. The van der Waals surface area contributed by atoms with Gasteiger partial charge in [0.25, 0.3) is 0 Å². The van der Waals surface area contributed by atoms with Gasteiger partial charge in [-0.05, 0) is 36.5 Å². The molecule has 1 aliphatic rings. The second kappa shape index (κ2) is 8.17. The lowest BCUT2D eigenvalue weighted by molar-refractivity contribution is -0.0967. The number of phenolic OH excluding ortho intramolecular Hbond substituents is 1. The Bertz CT molecular complexity index is 471. The highest BCUT2D eigenvalue weighted by Gasteiger charge is 2.19. The smallest absolute Gasteiger partial charge is 0.174 e. The number of thiocarbonyl (C=S) groups is 1. The molecule has 1 aromatic rings. The van der Waals surface area contributed by atoms with Gasteiger partial charge in [0, 0.05) is 46.1 Å². The van der Waals surface area contributed by atoms with E-state index in [0.717, 1.165) is 37.0 Å². The number of nitrogens with zero attached hydrogens (tertiary/aromatic N) is 2. The molecule has 0 unspecified atom stereocenters. The Morgan fingerprint density at radius 3 is 2.32 bits per heavy atom. The minimum absolute atomic E-state index is 0.290. The SMILES string of the molecule is COC(CNC(=S)N1CCN(c2ccc(O)cc2)CC1)OC. The average Bonchev–Trinajstić information content (AvgIpc) is 2.56. The summed E-state index contributed by atoms with van der Waals surface area (Å²) in [6.45, 7) is 4.04. The zero-order valence-electron chi connectivity index (χ0n) is 13.0. The van der Waals surface area contributed by atoms with Crippen molar-refractivity contribution < 1.29 is 14.6 Å². The molecule has 0 amide bonds. The van der Waals surface area contributed by atoms with E-state index in [4.69, 9.17) is 21.7 Å². The highest BCUT2D eigenvalue weighted by molar-refractivity contribution is 7.80. The quantitative estimate of drug-likeness (QED) is 0.619. The normalized spacial score (nSPS) is 15.2. The predicted octanol–water partition coefficient (Wildman–Crippen LogP) is 1.01. The summed E-state index contributed by atoms with van der Waals surface area (Å²) < 4.78 is 10.3. The van der Waals surface area contributed by atoms with Crippen molar-refractivity contribution in [3.63, 3.8) is 0 Å². The van der Waals surface area contributed by atoms with Gasteiger partial charge in [0.15, 0.2) is 11.4 Å². The van der Waals surface area contributed by atoms with Crippen molar-refractivity contribution in [1.29, 1.82) is 0 Å². The van der Waals surface area contributed by atoms with Crippen LogP contribution in [0.3, 0.4) is 0 Å². The molecule has 1 heterocycles. The number of rotatable bonds is 5. The number of piperazine rings is 1. The Hall–Kier alpha value is -1.57. The average molecular weight is 325 g/mol. The lowest BCUT2D eigenvalue weighted by Crippen LogP contribution is -2.52. The van der Waals surface area contributed by atoms with Crippen LogP contribution in [0.1, 0.15) is 0 Å². The molecule has 0 saturated carbocycles. The molecule has 1 saturated heterocycles. The van der Waals surface area contributed by atoms with E-state index in [1.54, 1.807) is 26.4 Å². The molecule has 122 valence electrons. The molecule has 0 radical (unpaired) electrons.